The highest BCUT2D eigenvalue weighted by atomic mass is 19.1. The summed E-state index contributed by atoms with van der Waals surface area (Å²) in [5, 5.41) is 11.9. The van der Waals surface area contributed by atoms with Crippen molar-refractivity contribution in [1.29, 1.82) is 0 Å². The van der Waals surface area contributed by atoms with Crippen LogP contribution in [0, 0.1) is 17.7 Å². The smallest absolute Gasteiger partial charge is 0.338 e. The van der Waals surface area contributed by atoms with E-state index in [1.807, 2.05) is 0 Å². The maximum atomic E-state index is 13.5. The molecule has 2 atom stereocenters. The quantitative estimate of drug-likeness (QED) is 0.862. The highest BCUT2D eigenvalue weighted by molar-refractivity contribution is 5.88. The molecule has 1 aliphatic carbocycles. The van der Waals surface area contributed by atoms with Gasteiger partial charge < -0.3 is 10.4 Å². The third-order valence-electron chi connectivity index (χ3n) is 3.81. The molecule has 1 aromatic rings. The van der Waals surface area contributed by atoms with Crippen molar-refractivity contribution in [3.8, 4) is 0 Å². The Morgan fingerprint density at radius 2 is 2.28 bits per heavy atom. The Balaban J connectivity index is 1.98. The molecule has 2 N–H and O–H groups in total. The SMILES string of the molecule is CC1CCCC1CNc1ccc(C(=O)O)c(F)c1. The van der Waals surface area contributed by atoms with E-state index in [1.165, 1.54) is 31.4 Å². The molecule has 0 amide bonds. The van der Waals surface area contributed by atoms with Crippen molar-refractivity contribution in [1.82, 2.24) is 0 Å². The molecule has 98 valence electrons. The summed E-state index contributed by atoms with van der Waals surface area (Å²) in [5.74, 6) is -0.580. The second-order valence-electron chi connectivity index (χ2n) is 5.05. The first-order chi connectivity index (χ1) is 8.58. The number of hydrogen-bond donors (Lipinski definition) is 2. The van der Waals surface area contributed by atoms with Gasteiger partial charge in [0.15, 0.2) is 0 Å². The maximum absolute atomic E-state index is 13.5. The minimum Gasteiger partial charge on any atom is -0.478 e. The van der Waals surface area contributed by atoms with E-state index in [0.717, 1.165) is 6.54 Å². The van der Waals surface area contributed by atoms with Crippen molar-refractivity contribution in [2.24, 2.45) is 11.8 Å². The topological polar surface area (TPSA) is 49.3 Å². The van der Waals surface area contributed by atoms with Crippen LogP contribution in [0.5, 0.6) is 0 Å². The third kappa shape index (κ3) is 2.81. The van der Waals surface area contributed by atoms with Gasteiger partial charge in [0.05, 0.1) is 5.56 Å². The predicted molar refractivity (Wildman–Crippen MR) is 68.4 cm³/mol. The molecule has 0 spiro atoms. The summed E-state index contributed by atoms with van der Waals surface area (Å²) in [4.78, 5) is 10.7. The molecule has 2 rings (SSSR count). The van der Waals surface area contributed by atoms with Gasteiger partial charge in [0.2, 0.25) is 0 Å². The van der Waals surface area contributed by atoms with Gasteiger partial charge in [-0.1, -0.05) is 19.8 Å². The molecule has 1 aliphatic rings. The lowest BCUT2D eigenvalue weighted by Crippen LogP contribution is -2.16. The van der Waals surface area contributed by atoms with Crippen molar-refractivity contribution >= 4 is 11.7 Å². The lowest BCUT2D eigenvalue weighted by Gasteiger charge is -2.16. The number of rotatable bonds is 4. The lowest BCUT2D eigenvalue weighted by atomic mass is 9.98. The van der Waals surface area contributed by atoms with Crippen LogP contribution in [0.1, 0.15) is 36.5 Å². The van der Waals surface area contributed by atoms with Crippen molar-refractivity contribution < 1.29 is 14.3 Å². The van der Waals surface area contributed by atoms with Gasteiger partial charge in [-0.25, -0.2) is 9.18 Å². The molecular weight excluding hydrogens is 233 g/mol. The minimum absolute atomic E-state index is 0.283. The van der Waals surface area contributed by atoms with E-state index in [1.54, 1.807) is 6.07 Å². The monoisotopic (exact) mass is 251 g/mol. The Morgan fingerprint density at radius 1 is 1.50 bits per heavy atom. The van der Waals surface area contributed by atoms with Crippen LogP contribution in [0.2, 0.25) is 0 Å². The zero-order valence-corrected chi connectivity index (χ0v) is 10.4. The number of halogens is 1. The predicted octanol–water partition coefficient (Wildman–Crippen LogP) is 3.37. The number of aromatic carboxylic acids is 1. The van der Waals surface area contributed by atoms with Crippen molar-refractivity contribution in [3.05, 3.63) is 29.6 Å². The van der Waals surface area contributed by atoms with Gasteiger partial charge in [-0.15, -0.1) is 0 Å². The fourth-order valence-corrected chi connectivity index (χ4v) is 2.57. The zero-order valence-electron chi connectivity index (χ0n) is 10.4. The highest BCUT2D eigenvalue weighted by Crippen LogP contribution is 2.31. The van der Waals surface area contributed by atoms with Crippen LogP contribution in [0.25, 0.3) is 0 Å². The first kappa shape index (κ1) is 12.9. The van der Waals surface area contributed by atoms with Gasteiger partial charge in [0.1, 0.15) is 5.82 Å². The largest absolute Gasteiger partial charge is 0.478 e. The summed E-state index contributed by atoms with van der Waals surface area (Å²) in [6.07, 6.45) is 3.74. The summed E-state index contributed by atoms with van der Waals surface area (Å²) in [6, 6.07) is 4.17. The van der Waals surface area contributed by atoms with Crippen LogP contribution >= 0.6 is 0 Å². The van der Waals surface area contributed by atoms with Crippen molar-refractivity contribution in [3.63, 3.8) is 0 Å². The van der Waals surface area contributed by atoms with Crippen LogP contribution in [-0.4, -0.2) is 17.6 Å². The molecule has 3 nitrogen and oxygen atoms in total. The number of anilines is 1. The Labute approximate surface area is 106 Å². The van der Waals surface area contributed by atoms with E-state index in [9.17, 15) is 9.18 Å². The molecular formula is C14H18FNO2. The van der Waals surface area contributed by atoms with E-state index < -0.39 is 11.8 Å². The Kier molecular flexibility index (Phi) is 3.84. The summed E-state index contributed by atoms with van der Waals surface area (Å²) in [6.45, 7) is 3.07. The first-order valence-corrected chi connectivity index (χ1v) is 6.34. The van der Waals surface area contributed by atoms with Gasteiger partial charge in [-0.3, -0.25) is 0 Å². The highest BCUT2D eigenvalue weighted by Gasteiger charge is 2.22. The second kappa shape index (κ2) is 5.38. The molecule has 0 aliphatic heterocycles. The van der Waals surface area contributed by atoms with Crippen LogP contribution in [-0.2, 0) is 0 Å². The van der Waals surface area contributed by atoms with Crippen LogP contribution in [0.4, 0.5) is 10.1 Å². The van der Waals surface area contributed by atoms with Gasteiger partial charge in [0, 0.05) is 12.2 Å². The van der Waals surface area contributed by atoms with Gasteiger partial charge >= 0.3 is 5.97 Å². The summed E-state index contributed by atoms with van der Waals surface area (Å²) >= 11 is 0. The molecule has 0 heterocycles. The first-order valence-electron chi connectivity index (χ1n) is 6.34. The van der Waals surface area contributed by atoms with Gasteiger partial charge in [-0.05, 0) is 36.5 Å². The number of benzene rings is 1. The molecule has 0 saturated heterocycles. The zero-order chi connectivity index (χ0) is 13.1. The van der Waals surface area contributed by atoms with Gasteiger partial charge in [0.25, 0.3) is 0 Å². The summed E-state index contributed by atoms with van der Waals surface area (Å²) in [7, 11) is 0. The number of carboxylic acids is 1. The molecule has 0 aromatic heterocycles. The Bertz CT molecular complexity index is 447. The van der Waals surface area contributed by atoms with Crippen molar-refractivity contribution in [2.75, 3.05) is 11.9 Å². The van der Waals surface area contributed by atoms with Crippen molar-refractivity contribution in [2.45, 2.75) is 26.2 Å². The Morgan fingerprint density at radius 3 is 2.83 bits per heavy atom. The summed E-state index contributed by atoms with van der Waals surface area (Å²) < 4.78 is 13.5. The molecule has 0 radical (unpaired) electrons. The molecule has 1 aromatic carbocycles. The van der Waals surface area contributed by atoms with Gasteiger partial charge in [-0.2, -0.15) is 0 Å². The lowest BCUT2D eigenvalue weighted by molar-refractivity contribution is 0.0692. The van der Waals surface area contributed by atoms with Crippen LogP contribution < -0.4 is 5.32 Å². The second-order valence-corrected chi connectivity index (χ2v) is 5.05. The molecule has 1 saturated carbocycles. The number of nitrogens with one attached hydrogen (secondary N) is 1. The molecule has 4 heteroatoms. The number of carboxylic acid groups (broad SMARTS) is 1. The average Bonchev–Trinajstić information content (AvgIpc) is 2.72. The van der Waals surface area contributed by atoms with E-state index in [4.69, 9.17) is 5.11 Å². The van der Waals surface area contributed by atoms with Crippen LogP contribution in [0.3, 0.4) is 0 Å². The molecule has 2 unspecified atom stereocenters. The van der Waals surface area contributed by atoms with E-state index >= 15 is 0 Å². The average molecular weight is 251 g/mol. The van der Waals surface area contributed by atoms with E-state index in [-0.39, 0.29) is 5.56 Å². The molecule has 18 heavy (non-hydrogen) atoms. The molecule has 0 bridgehead atoms. The number of hydrogen-bond acceptors (Lipinski definition) is 2. The van der Waals surface area contributed by atoms with Crippen LogP contribution in [0.15, 0.2) is 18.2 Å². The summed E-state index contributed by atoms with van der Waals surface area (Å²) in [5.41, 5.74) is 0.367. The maximum Gasteiger partial charge on any atom is 0.338 e. The third-order valence-corrected chi connectivity index (χ3v) is 3.81. The number of carbonyl (C=O) groups is 1. The standard InChI is InChI=1S/C14H18FNO2/c1-9-3-2-4-10(9)8-16-11-5-6-12(14(17)18)13(15)7-11/h5-7,9-10,16H,2-4,8H2,1H3,(H,17,18). The molecule has 1 fully saturated rings. The Hall–Kier alpha value is -1.58. The minimum atomic E-state index is -1.23. The van der Waals surface area contributed by atoms with E-state index in [2.05, 4.69) is 12.2 Å². The fourth-order valence-electron chi connectivity index (χ4n) is 2.57. The fraction of sp³-hybridized carbons (Fsp3) is 0.500. The normalized spacial score (nSPS) is 23.0. The van der Waals surface area contributed by atoms with E-state index in [0.29, 0.717) is 17.5 Å².